The molecule has 1 aliphatic rings. The first-order valence-electron chi connectivity index (χ1n) is 6.24. The first kappa shape index (κ1) is 11.5. The highest BCUT2D eigenvalue weighted by molar-refractivity contribution is 5.75. The van der Waals surface area contributed by atoms with Gasteiger partial charge in [0.1, 0.15) is 11.3 Å². The maximum atomic E-state index is 13.9. The monoisotopic (exact) mass is 249 g/mol. The van der Waals surface area contributed by atoms with Gasteiger partial charge in [-0.25, -0.2) is 9.18 Å². The highest BCUT2D eigenvalue weighted by Crippen LogP contribution is 2.24. The van der Waals surface area contributed by atoms with E-state index in [1.165, 1.54) is 6.07 Å². The minimum absolute atomic E-state index is 0.0573. The lowest BCUT2D eigenvalue weighted by Crippen LogP contribution is -2.37. The first-order chi connectivity index (χ1) is 8.66. The Kier molecular flexibility index (Phi) is 2.70. The molecule has 4 nitrogen and oxygen atoms in total. The molecule has 1 saturated heterocycles. The van der Waals surface area contributed by atoms with E-state index < -0.39 is 0 Å². The highest BCUT2D eigenvalue weighted by Gasteiger charge is 2.23. The summed E-state index contributed by atoms with van der Waals surface area (Å²) < 4.78 is 15.5. The van der Waals surface area contributed by atoms with Gasteiger partial charge in [0.25, 0.3) is 0 Å². The Labute approximate surface area is 104 Å². The molecule has 0 radical (unpaired) electrons. The van der Waals surface area contributed by atoms with E-state index in [9.17, 15) is 9.18 Å². The molecule has 1 fully saturated rings. The van der Waals surface area contributed by atoms with Crippen LogP contribution in [0.2, 0.25) is 0 Å². The summed E-state index contributed by atoms with van der Waals surface area (Å²) in [5, 5.41) is 0. The van der Waals surface area contributed by atoms with Crippen molar-refractivity contribution in [3.63, 3.8) is 0 Å². The molecule has 1 atom stereocenters. The van der Waals surface area contributed by atoms with Gasteiger partial charge in [0, 0.05) is 6.54 Å². The number of fused-ring (bicyclic) bond motifs is 1. The number of para-hydroxylation sites is 1. The number of hydrogen-bond donors (Lipinski definition) is 1. The molecule has 2 heterocycles. The number of halogens is 1. The summed E-state index contributed by atoms with van der Waals surface area (Å²) in [7, 11) is 2.03. The second kappa shape index (κ2) is 4.24. The lowest BCUT2D eigenvalue weighted by molar-refractivity contribution is 0.212. The molecule has 2 aromatic rings. The largest absolute Gasteiger partial charge is 0.326 e. The number of aromatic nitrogens is 2. The van der Waals surface area contributed by atoms with Gasteiger partial charge in [0.15, 0.2) is 0 Å². The van der Waals surface area contributed by atoms with Crippen LogP contribution >= 0.6 is 0 Å². The van der Waals surface area contributed by atoms with Crippen molar-refractivity contribution in [1.82, 2.24) is 14.5 Å². The van der Waals surface area contributed by atoms with Crippen LogP contribution in [-0.2, 0) is 0 Å². The summed E-state index contributed by atoms with van der Waals surface area (Å²) >= 11 is 0. The quantitative estimate of drug-likeness (QED) is 0.836. The van der Waals surface area contributed by atoms with Crippen molar-refractivity contribution in [2.24, 2.45) is 0 Å². The van der Waals surface area contributed by atoms with E-state index in [0.717, 1.165) is 25.9 Å². The Hall–Kier alpha value is -1.62. The number of H-pyrrole nitrogens is 1. The Morgan fingerprint density at radius 3 is 3.06 bits per heavy atom. The number of hydrogen-bond acceptors (Lipinski definition) is 2. The Morgan fingerprint density at radius 2 is 2.28 bits per heavy atom. The van der Waals surface area contributed by atoms with Gasteiger partial charge in [-0.05, 0) is 38.6 Å². The van der Waals surface area contributed by atoms with E-state index in [4.69, 9.17) is 0 Å². The number of rotatable bonds is 1. The summed E-state index contributed by atoms with van der Waals surface area (Å²) in [6.07, 6.45) is 1.96. The van der Waals surface area contributed by atoms with E-state index in [1.54, 1.807) is 16.7 Å². The van der Waals surface area contributed by atoms with Crippen LogP contribution in [0, 0.1) is 5.82 Å². The maximum absolute atomic E-state index is 13.9. The minimum atomic E-state index is -0.334. The van der Waals surface area contributed by atoms with Crippen LogP contribution in [0.5, 0.6) is 0 Å². The number of nitrogens with one attached hydrogen (secondary N) is 1. The molecule has 1 aromatic carbocycles. The van der Waals surface area contributed by atoms with Crippen molar-refractivity contribution >= 4 is 11.0 Å². The predicted octanol–water partition coefficient (Wildman–Crippen LogP) is 1.74. The van der Waals surface area contributed by atoms with Crippen LogP contribution in [0.3, 0.4) is 0 Å². The van der Waals surface area contributed by atoms with Crippen molar-refractivity contribution in [3.8, 4) is 0 Å². The van der Waals surface area contributed by atoms with Gasteiger partial charge in [0.05, 0.1) is 11.6 Å². The van der Waals surface area contributed by atoms with Crippen LogP contribution in [0.15, 0.2) is 23.0 Å². The molecule has 1 aliphatic heterocycles. The number of piperidine rings is 1. The van der Waals surface area contributed by atoms with Crippen molar-refractivity contribution in [2.45, 2.75) is 18.9 Å². The van der Waals surface area contributed by atoms with Crippen LogP contribution in [0.4, 0.5) is 4.39 Å². The zero-order valence-corrected chi connectivity index (χ0v) is 10.3. The zero-order valence-electron chi connectivity index (χ0n) is 10.3. The van der Waals surface area contributed by atoms with E-state index in [0.29, 0.717) is 11.0 Å². The second-order valence-corrected chi connectivity index (χ2v) is 4.99. The molecule has 0 spiro atoms. The van der Waals surface area contributed by atoms with Crippen LogP contribution in [0.1, 0.15) is 18.9 Å². The Bertz CT molecular complexity index is 631. The SMILES string of the molecule is CN1CCCC(n2c(=O)[nH]c3cccc(F)c32)C1. The molecule has 0 aliphatic carbocycles. The lowest BCUT2D eigenvalue weighted by atomic mass is 10.1. The van der Waals surface area contributed by atoms with Crippen LogP contribution < -0.4 is 5.69 Å². The molecular weight excluding hydrogens is 233 g/mol. The van der Waals surface area contributed by atoms with Gasteiger partial charge in [-0.2, -0.15) is 0 Å². The summed E-state index contributed by atoms with van der Waals surface area (Å²) in [4.78, 5) is 16.9. The molecular formula is C13H16FN3O. The fourth-order valence-electron chi connectivity index (χ4n) is 2.84. The summed E-state index contributed by atoms with van der Waals surface area (Å²) in [6.45, 7) is 1.83. The smallest absolute Gasteiger partial charge is 0.305 e. The number of likely N-dealkylation sites (tertiary alicyclic amines) is 1. The Balaban J connectivity index is 2.16. The second-order valence-electron chi connectivity index (χ2n) is 4.99. The maximum Gasteiger partial charge on any atom is 0.326 e. The van der Waals surface area contributed by atoms with Crippen molar-refractivity contribution in [1.29, 1.82) is 0 Å². The van der Waals surface area contributed by atoms with Crippen molar-refractivity contribution in [2.75, 3.05) is 20.1 Å². The molecule has 5 heteroatoms. The summed E-state index contributed by atoms with van der Waals surface area (Å²) in [5.41, 5.74) is 0.770. The van der Waals surface area contributed by atoms with Crippen molar-refractivity contribution < 1.29 is 4.39 Å². The highest BCUT2D eigenvalue weighted by atomic mass is 19.1. The average Bonchev–Trinajstić information content (AvgIpc) is 2.67. The standard InChI is InChI=1S/C13H16FN3O/c1-16-7-3-4-9(8-16)17-12-10(14)5-2-6-11(12)15-13(17)18/h2,5-6,9H,3-4,7-8H2,1H3,(H,15,18). The number of likely N-dealkylation sites (N-methyl/N-ethyl adjacent to an activating group) is 1. The van der Waals surface area contributed by atoms with Gasteiger partial charge in [-0.15, -0.1) is 0 Å². The molecule has 3 rings (SSSR count). The Morgan fingerprint density at radius 1 is 1.44 bits per heavy atom. The molecule has 0 bridgehead atoms. The topological polar surface area (TPSA) is 41.0 Å². The number of nitrogens with zero attached hydrogens (tertiary/aromatic N) is 2. The van der Waals surface area contributed by atoms with E-state index in [-0.39, 0.29) is 17.5 Å². The normalized spacial score (nSPS) is 21.6. The van der Waals surface area contributed by atoms with Gasteiger partial charge >= 0.3 is 5.69 Å². The average molecular weight is 249 g/mol. The number of imidazole rings is 1. The van der Waals surface area contributed by atoms with Crippen LogP contribution in [0.25, 0.3) is 11.0 Å². The number of benzene rings is 1. The van der Waals surface area contributed by atoms with E-state index in [2.05, 4.69) is 9.88 Å². The van der Waals surface area contributed by atoms with Gasteiger partial charge < -0.3 is 9.88 Å². The molecule has 1 N–H and O–H groups in total. The summed E-state index contributed by atoms with van der Waals surface area (Å²) in [6, 6.07) is 4.81. The third kappa shape index (κ3) is 1.75. The van der Waals surface area contributed by atoms with Crippen LogP contribution in [-0.4, -0.2) is 34.6 Å². The van der Waals surface area contributed by atoms with Gasteiger partial charge in [0.2, 0.25) is 0 Å². The molecule has 1 unspecified atom stereocenters. The molecule has 0 amide bonds. The van der Waals surface area contributed by atoms with Gasteiger partial charge in [-0.3, -0.25) is 4.57 Å². The summed E-state index contributed by atoms with van der Waals surface area (Å²) in [5.74, 6) is -0.334. The van der Waals surface area contributed by atoms with E-state index >= 15 is 0 Å². The molecule has 96 valence electrons. The van der Waals surface area contributed by atoms with Crippen molar-refractivity contribution in [3.05, 3.63) is 34.5 Å². The minimum Gasteiger partial charge on any atom is -0.305 e. The third-order valence-corrected chi connectivity index (χ3v) is 3.65. The zero-order chi connectivity index (χ0) is 12.7. The lowest BCUT2D eigenvalue weighted by Gasteiger charge is -2.30. The van der Waals surface area contributed by atoms with E-state index in [1.807, 2.05) is 7.05 Å². The van der Waals surface area contributed by atoms with Gasteiger partial charge in [-0.1, -0.05) is 6.07 Å². The fourth-order valence-corrected chi connectivity index (χ4v) is 2.84. The number of aromatic amines is 1. The molecule has 1 aromatic heterocycles. The first-order valence-corrected chi connectivity index (χ1v) is 6.24. The fraction of sp³-hybridized carbons (Fsp3) is 0.462. The molecule has 0 saturated carbocycles. The third-order valence-electron chi connectivity index (χ3n) is 3.65. The molecule has 18 heavy (non-hydrogen) atoms. The predicted molar refractivity (Wildman–Crippen MR) is 68.3 cm³/mol.